The zero-order valence-electron chi connectivity index (χ0n) is 10.2. The number of terminal acetylenes is 1. The molecular formula is C12H13F2NO3S. The smallest absolute Gasteiger partial charge is 0.272 e. The molecule has 2 N–H and O–H groups in total. The van der Waals surface area contributed by atoms with Crippen LogP contribution in [0.4, 0.5) is 14.5 Å². The summed E-state index contributed by atoms with van der Waals surface area (Å²) in [6.07, 6.45) is 3.38. The molecule has 0 aromatic heterocycles. The van der Waals surface area contributed by atoms with Crippen molar-refractivity contribution in [3.8, 4) is 18.1 Å². The van der Waals surface area contributed by atoms with Crippen molar-refractivity contribution < 1.29 is 21.9 Å². The van der Waals surface area contributed by atoms with E-state index in [1.807, 2.05) is 0 Å². The number of anilines is 1. The van der Waals surface area contributed by atoms with Gasteiger partial charge in [0.05, 0.1) is 10.6 Å². The molecule has 1 aromatic rings. The molecule has 0 aliphatic rings. The van der Waals surface area contributed by atoms with Crippen LogP contribution in [0, 0.1) is 12.3 Å². The molecule has 0 amide bonds. The van der Waals surface area contributed by atoms with Crippen LogP contribution in [0.5, 0.6) is 5.75 Å². The van der Waals surface area contributed by atoms with Gasteiger partial charge in [0.25, 0.3) is 6.43 Å². The summed E-state index contributed by atoms with van der Waals surface area (Å²) in [5, 5.41) is 0. The van der Waals surface area contributed by atoms with Gasteiger partial charge in [0.15, 0.2) is 9.84 Å². The first-order chi connectivity index (χ1) is 8.77. The molecule has 4 nitrogen and oxygen atoms in total. The minimum atomic E-state index is -3.55. The SMILES string of the molecule is C#CCc1c(S(C)(=O)=O)ccc(N)c1OCC(F)F. The van der Waals surface area contributed by atoms with Gasteiger partial charge < -0.3 is 10.5 Å². The summed E-state index contributed by atoms with van der Waals surface area (Å²) in [5.41, 5.74) is 5.81. The Hall–Kier alpha value is -1.81. The first-order valence-electron chi connectivity index (χ1n) is 5.23. The Morgan fingerprint density at radius 2 is 2.11 bits per heavy atom. The fraction of sp³-hybridized carbons (Fsp3) is 0.333. The number of rotatable bonds is 5. The Balaban J connectivity index is 3.38. The zero-order valence-corrected chi connectivity index (χ0v) is 11.0. The number of ether oxygens (including phenoxy) is 1. The summed E-state index contributed by atoms with van der Waals surface area (Å²) in [4.78, 5) is -0.0658. The predicted octanol–water partition coefficient (Wildman–Crippen LogP) is 1.49. The Kier molecular flexibility index (Phi) is 4.72. The van der Waals surface area contributed by atoms with Crippen LogP contribution >= 0.6 is 0 Å². The number of benzene rings is 1. The second-order valence-corrected chi connectivity index (χ2v) is 5.80. The molecule has 0 unspecified atom stereocenters. The molecule has 0 saturated carbocycles. The normalized spacial score (nSPS) is 11.3. The molecule has 0 bridgehead atoms. The molecule has 104 valence electrons. The minimum Gasteiger partial charge on any atom is -0.485 e. The van der Waals surface area contributed by atoms with Gasteiger partial charge >= 0.3 is 0 Å². The molecule has 0 fully saturated rings. The van der Waals surface area contributed by atoms with Crippen molar-refractivity contribution in [3.05, 3.63) is 17.7 Å². The average Bonchev–Trinajstić information content (AvgIpc) is 2.26. The summed E-state index contributed by atoms with van der Waals surface area (Å²) in [6.45, 7) is -0.880. The summed E-state index contributed by atoms with van der Waals surface area (Å²) < 4.78 is 52.5. The summed E-state index contributed by atoms with van der Waals surface area (Å²) in [5.74, 6) is 2.17. The van der Waals surface area contributed by atoms with Gasteiger partial charge in [-0.25, -0.2) is 17.2 Å². The van der Waals surface area contributed by atoms with E-state index in [1.165, 1.54) is 12.1 Å². The summed E-state index contributed by atoms with van der Waals surface area (Å²) in [7, 11) is -3.55. The molecule has 0 radical (unpaired) electrons. The molecule has 0 aliphatic heterocycles. The van der Waals surface area contributed by atoms with Crippen LogP contribution in [-0.2, 0) is 16.3 Å². The van der Waals surface area contributed by atoms with E-state index in [4.69, 9.17) is 16.9 Å². The quantitative estimate of drug-likeness (QED) is 0.658. The van der Waals surface area contributed by atoms with Crippen LogP contribution in [0.1, 0.15) is 5.56 Å². The van der Waals surface area contributed by atoms with Gasteiger partial charge in [0.2, 0.25) is 0 Å². The highest BCUT2D eigenvalue weighted by atomic mass is 32.2. The third kappa shape index (κ3) is 3.83. The molecule has 0 heterocycles. The molecular weight excluding hydrogens is 276 g/mol. The van der Waals surface area contributed by atoms with Crippen LogP contribution in [0.25, 0.3) is 0 Å². The molecule has 0 atom stereocenters. The lowest BCUT2D eigenvalue weighted by Gasteiger charge is -2.15. The highest BCUT2D eigenvalue weighted by molar-refractivity contribution is 7.90. The molecule has 7 heteroatoms. The maximum absolute atomic E-state index is 12.2. The van der Waals surface area contributed by atoms with Crippen LogP contribution in [0.3, 0.4) is 0 Å². The Labute approximate surface area is 110 Å². The van der Waals surface area contributed by atoms with E-state index in [2.05, 4.69) is 5.92 Å². The van der Waals surface area contributed by atoms with E-state index >= 15 is 0 Å². The van der Waals surface area contributed by atoms with E-state index in [9.17, 15) is 17.2 Å². The van der Waals surface area contributed by atoms with Gasteiger partial charge in [-0.1, -0.05) is 0 Å². The lowest BCUT2D eigenvalue weighted by molar-refractivity contribution is 0.0817. The van der Waals surface area contributed by atoms with Gasteiger partial charge in [-0.3, -0.25) is 0 Å². The highest BCUT2D eigenvalue weighted by Gasteiger charge is 2.20. The van der Waals surface area contributed by atoms with Crippen molar-refractivity contribution in [1.82, 2.24) is 0 Å². The second-order valence-electron chi connectivity index (χ2n) is 3.82. The Morgan fingerprint density at radius 1 is 1.47 bits per heavy atom. The van der Waals surface area contributed by atoms with E-state index < -0.39 is 22.9 Å². The maximum atomic E-state index is 12.2. The lowest BCUT2D eigenvalue weighted by Crippen LogP contribution is -2.12. The zero-order chi connectivity index (χ0) is 14.6. The molecule has 1 rings (SSSR count). The van der Waals surface area contributed by atoms with Crippen molar-refractivity contribution in [2.24, 2.45) is 0 Å². The van der Waals surface area contributed by atoms with Gasteiger partial charge in [-0.15, -0.1) is 12.3 Å². The Bertz CT molecular complexity index is 606. The number of nitrogen functional groups attached to an aromatic ring is 1. The van der Waals surface area contributed by atoms with Crippen molar-refractivity contribution in [3.63, 3.8) is 0 Å². The number of halogens is 2. The van der Waals surface area contributed by atoms with Crippen molar-refractivity contribution in [1.29, 1.82) is 0 Å². The fourth-order valence-electron chi connectivity index (χ4n) is 1.56. The summed E-state index contributed by atoms with van der Waals surface area (Å²) in [6, 6.07) is 2.57. The second kappa shape index (κ2) is 5.89. The fourth-order valence-corrected chi connectivity index (χ4v) is 2.49. The number of hydrogen-bond donors (Lipinski definition) is 1. The lowest BCUT2D eigenvalue weighted by atomic mass is 10.1. The van der Waals surface area contributed by atoms with Crippen molar-refractivity contribution in [2.45, 2.75) is 17.7 Å². The van der Waals surface area contributed by atoms with E-state index in [0.29, 0.717) is 0 Å². The highest BCUT2D eigenvalue weighted by Crippen LogP contribution is 2.32. The first-order valence-corrected chi connectivity index (χ1v) is 7.12. The van der Waals surface area contributed by atoms with E-state index in [1.54, 1.807) is 0 Å². The van der Waals surface area contributed by atoms with Crippen molar-refractivity contribution >= 4 is 15.5 Å². The number of nitrogens with two attached hydrogens (primary N) is 1. The number of hydrogen-bond acceptors (Lipinski definition) is 4. The topological polar surface area (TPSA) is 69.4 Å². The third-order valence-electron chi connectivity index (χ3n) is 2.28. The third-order valence-corrected chi connectivity index (χ3v) is 3.46. The number of sulfone groups is 1. The van der Waals surface area contributed by atoms with Crippen LogP contribution < -0.4 is 10.5 Å². The predicted molar refractivity (Wildman–Crippen MR) is 68.0 cm³/mol. The van der Waals surface area contributed by atoms with Crippen LogP contribution in [0.15, 0.2) is 17.0 Å². The first kappa shape index (κ1) is 15.2. The standard InChI is InChI=1S/C12H13F2NO3S/c1-3-4-8-10(19(2,16)17)6-5-9(15)12(8)18-7-11(13)14/h1,5-6,11H,4,7,15H2,2H3. The summed E-state index contributed by atoms with van der Waals surface area (Å²) >= 11 is 0. The van der Waals surface area contributed by atoms with Gasteiger partial charge in [0.1, 0.15) is 12.4 Å². The van der Waals surface area contributed by atoms with E-state index in [0.717, 1.165) is 6.26 Å². The largest absolute Gasteiger partial charge is 0.485 e. The molecule has 0 aliphatic carbocycles. The maximum Gasteiger partial charge on any atom is 0.272 e. The van der Waals surface area contributed by atoms with Crippen LogP contribution in [-0.4, -0.2) is 27.7 Å². The van der Waals surface area contributed by atoms with Gasteiger partial charge in [0, 0.05) is 18.2 Å². The molecule has 19 heavy (non-hydrogen) atoms. The van der Waals surface area contributed by atoms with Gasteiger partial charge in [-0.2, -0.15) is 0 Å². The monoisotopic (exact) mass is 289 g/mol. The van der Waals surface area contributed by atoms with Crippen molar-refractivity contribution in [2.75, 3.05) is 18.6 Å². The number of alkyl halides is 2. The van der Waals surface area contributed by atoms with Crippen LogP contribution in [0.2, 0.25) is 0 Å². The average molecular weight is 289 g/mol. The molecule has 0 saturated heterocycles. The van der Waals surface area contributed by atoms with Gasteiger partial charge in [-0.05, 0) is 12.1 Å². The minimum absolute atomic E-state index is 0.0658. The molecule has 0 spiro atoms. The van der Waals surface area contributed by atoms with E-state index in [-0.39, 0.29) is 28.3 Å². The Morgan fingerprint density at radius 3 is 2.58 bits per heavy atom. The molecule has 1 aromatic carbocycles.